The van der Waals surface area contributed by atoms with Gasteiger partial charge in [0.25, 0.3) is 0 Å². The van der Waals surface area contributed by atoms with Crippen LogP contribution in [0.5, 0.6) is 0 Å². The third-order valence-electron chi connectivity index (χ3n) is 3.46. The molecule has 0 radical (unpaired) electrons. The number of hydrogen-bond donors (Lipinski definition) is 0. The molecule has 2 aliphatic carbocycles. The van der Waals surface area contributed by atoms with E-state index in [9.17, 15) is 4.79 Å². The van der Waals surface area contributed by atoms with Crippen molar-refractivity contribution in [2.45, 2.75) is 19.4 Å². The second-order valence-electron chi connectivity index (χ2n) is 4.24. The van der Waals surface area contributed by atoms with Gasteiger partial charge in [-0.15, -0.1) is 0 Å². The number of hydrogen-bond acceptors (Lipinski definition) is 4. The van der Waals surface area contributed by atoms with Gasteiger partial charge in [0.15, 0.2) is 5.71 Å². The lowest BCUT2D eigenvalue weighted by molar-refractivity contribution is -0.135. The van der Waals surface area contributed by atoms with Crippen molar-refractivity contribution in [1.29, 1.82) is 0 Å². The van der Waals surface area contributed by atoms with Gasteiger partial charge >= 0.3 is 5.97 Å². The Morgan fingerprint density at radius 2 is 2.40 bits per heavy atom. The molecule has 1 saturated carbocycles. The van der Waals surface area contributed by atoms with Gasteiger partial charge in [0.05, 0.1) is 12.5 Å². The maximum Gasteiger partial charge on any atom is 0.356 e. The van der Waals surface area contributed by atoms with E-state index in [0.717, 1.165) is 6.42 Å². The van der Waals surface area contributed by atoms with Crippen LogP contribution in [0.1, 0.15) is 13.3 Å². The van der Waals surface area contributed by atoms with Crippen LogP contribution in [0.2, 0.25) is 0 Å². The minimum Gasteiger partial charge on any atom is -0.461 e. The Morgan fingerprint density at radius 3 is 3.20 bits per heavy atom. The molecule has 0 unspecified atom stereocenters. The fourth-order valence-electron chi connectivity index (χ4n) is 2.84. The first-order valence-corrected chi connectivity index (χ1v) is 5.40. The van der Waals surface area contributed by atoms with Crippen molar-refractivity contribution in [3.8, 4) is 0 Å². The summed E-state index contributed by atoms with van der Waals surface area (Å²) in [7, 11) is 0. The molecule has 0 aromatic heterocycles. The van der Waals surface area contributed by atoms with E-state index in [1.165, 1.54) is 0 Å². The summed E-state index contributed by atoms with van der Waals surface area (Å²) in [4.78, 5) is 16.9. The van der Waals surface area contributed by atoms with Crippen molar-refractivity contribution in [1.82, 2.24) is 0 Å². The standard InChI is InChI=1S/C11H13NO3/c1-2-14-11(13)9-8-6-3-4-7(5-6)10(8)15-12-9/h3-4,6-8,10H,2,5H2,1H3/t6-,7+,8-,10-/m1/s1. The van der Waals surface area contributed by atoms with Crippen LogP contribution >= 0.6 is 0 Å². The molecular formula is C11H13NO3. The lowest BCUT2D eigenvalue weighted by Gasteiger charge is -2.18. The summed E-state index contributed by atoms with van der Waals surface area (Å²) >= 11 is 0. The zero-order valence-electron chi connectivity index (χ0n) is 8.55. The van der Waals surface area contributed by atoms with Crippen molar-refractivity contribution < 1.29 is 14.4 Å². The number of rotatable bonds is 2. The molecule has 1 aliphatic heterocycles. The Labute approximate surface area is 87.9 Å². The van der Waals surface area contributed by atoms with E-state index in [4.69, 9.17) is 9.57 Å². The van der Waals surface area contributed by atoms with Gasteiger partial charge in [0.2, 0.25) is 0 Å². The van der Waals surface area contributed by atoms with Crippen LogP contribution in [-0.2, 0) is 14.4 Å². The fraction of sp³-hybridized carbons (Fsp3) is 0.636. The molecule has 0 aromatic carbocycles. The van der Waals surface area contributed by atoms with Crippen LogP contribution in [-0.4, -0.2) is 24.4 Å². The van der Waals surface area contributed by atoms with Gasteiger partial charge in [-0.1, -0.05) is 17.3 Å². The highest BCUT2D eigenvalue weighted by atomic mass is 16.6. The predicted molar refractivity (Wildman–Crippen MR) is 53.2 cm³/mol. The minimum absolute atomic E-state index is 0.0828. The van der Waals surface area contributed by atoms with Crippen LogP contribution in [0.4, 0.5) is 0 Å². The Morgan fingerprint density at radius 1 is 1.60 bits per heavy atom. The molecule has 1 heterocycles. The molecule has 1 fully saturated rings. The van der Waals surface area contributed by atoms with Crippen molar-refractivity contribution in [3.05, 3.63) is 12.2 Å². The molecule has 4 nitrogen and oxygen atoms in total. The number of esters is 1. The topological polar surface area (TPSA) is 47.9 Å². The summed E-state index contributed by atoms with van der Waals surface area (Å²) in [6.07, 6.45) is 5.53. The second kappa shape index (κ2) is 3.08. The molecular weight excluding hydrogens is 194 g/mol. The first-order chi connectivity index (χ1) is 7.31. The molecule has 2 bridgehead atoms. The highest BCUT2D eigenvalue weighted by molar-refractivity contribution is 6.37. The molecule has 0 amide bonds. The summed E-state index contributed by atoms with van der Waals surface area (Å²) in [5.41, 5.74) is 0.485. The Bertz CT molecular complexity index is 361. The fourth-order valence-corrected chi connectivity index (χ4v) is 2.84. The summed E-state index contributed by atoms with van der Waals surface area (Å²) in [5, 5.41) is 3.88. The minimum atomic E-state index is -0.314. The van der Waals surface area contributed by atoms with E-state index < -0.39 is 0 Å². The second-order valence-corrected chi connectivity index (χ2v) is 4.24. The van der Waals surface area contributed by atoms with E-state index in [2.05, 4.69) is 17.3 Å². The SMILES string of the molecule is CCOC(=O)C1=NO[C@H]2[C@@H]1[C@@H]1C=C[C@H]2C1. The molecule has 3 aliphatic rings. The van der Waals surface area contributed by atoms with Crippen molar-refractivity contribution >= 4 is 11.7 Å². The maximum absolute atomic E-state index is 11.6. The number of allylic oxidation sites excluding steroid dienone is 1. The Balaban J connectivity index is 1.82. The molecule has 4 atom stereocenters. The van der Waals surface area contributed by atoms with Gasteiger partial charge < -0.3 is 9.57 Å². The summed E-state index contributed by atoms with van der Waals surface area (Å²) in [6.45, 7) is 2.19. The summed E-state index contributed by atoms with van der Waals surface area (Å²) in [5.74, 6) is 0.686. The smallest absolute Gasteiger partial charge is 0.356 e. The van der Waals surface area contributed by atoms with E-state index in [0.29, 0.717) is 24.2 Å². The quantitative estimate of drug-likeness (QED) is 0.503. The van der Waals surface area contributed by atoms with Gasteiger partial charge in [-0.3, -0.25) is 0 Å². The monoisotopic (exact) mass is 207 g/mol. The van der Waals surface area contributed by atoms with Crippen molar-refractivity contribution in [2.24, 2.45) is 22.9 Å². The van der Waals surface area contributed by atoms with Gasteiger partial charge in [0, 0.05) is 5.92 Å². The number of fused-ring (bicyclic) bond motifs is 5. The van der Waals surface area contributed by atoms with E-state index >= 15 is 0 Å². The van der Waals surface area contributed by atoms with E-state index in [1.54, 1.807) is 6.92 Å². The number of ether oxygens (including phenoxy) is 1. The number of nitrogens with zero attached hydrogens (tertiary/aromatic N) is 1. The van der Waals surface area contributed by atoms with Crippen LogP contribution in [0.25, 0.3) is 0 Å². The molecule has 0 saturated heterocycles. The molecule has 15 heavy (non-hydrogen) atoms. The number of oxime groups is 1. The van der Waals surface area contributed by atoms with Gasteiger partial charge in [-0.2, -0.15) is 0 Å². The largest absolute Gasteiger partial charge is 0.461 e. The first-order valence-electron chi connectivity index (χ1n) is 5.40. The van der Waals surface area contributed by atoms with Crippen LogP contribution in [0.15, 0.2) is 17.3 Å². The average molecular weight is 207 g/mol. The van der Waals surface area contributed by atoms with Gasteiger partial charge in [-0.25, -0.2) is 4.79 Å². The average Bonchev–Trinajstić information content (AvgIpc) is 2.90. The number of carbonyl (C=O) groups excluding carboxylic acids is 1. The zero-order valence-corrected chi connectivity index (χ0v) is 8.55. The van der Waals surface area contributed by atoms with E-state index in [1.807, 2.05) is 0 Å². The predicted octanol–water partition coefficient (Wildman–Crippen LogP) is 1.13. The highest BCUT2D eigenvalue weighted by Crippen LogP contribution is 2.48. The maximum atomic E-state index is 11.6. The normalized spacial score (nSPS) is 39.9. The third kappa shape index (κ3) is 1.14. The molecule has 4 heteroatoms. The molecule has 0 spiro atoms. The molecule has 80 valence electrons. The van der Waals surface area contributed by atoms with Crippen LogP contribution < -0.4 is 0 Å². The summed E-state index contributed by atoms with van der Waals surface area (Å²) < 4.78 is 4.97. The molecule has 3 rings (SSSR count). The lowest BCUT2D eigenvalue weighted by atomic mass is 9.87. The third-order valence-corrected chi connectivity index (χ3v) is 3.46. The van der Waals surface area contributed by atoms with Crippen LogP contribution in [0.3, 0.4) is 0 Å². The van der Waals surface area contributed by atoms with Crippen LogP contribution in [0, 0.1) is 17.8 Å². The highest BCUT2D eigenvalue weighted by Gasteiger charge is 2.54. The lowest BCUT2D eigenvalue weighted by Crippen LogP contribution is -2.32. The van der Waals surface area contributed by atoms with Gasteiger partial charge in [-0.05, 0) is 19.3 Å². The molecule has 0 aromatic rings. The van der Waals surface area contributed by atoms with Crippen molar-refractivity contribution in [3.63, 3.8) is 0 Å². The summed E-state index contributed by atoms with van der Waals surface area (Å²) in [6, 6.07) is 0. The molecule has 0 N–H and O–H groups in total. The van der Waals surface area contributed by atoms with Gasteiger partial charge in [0.1, 0.15) is 6.10 Å². The Kier molecular flexibility index (Phi) is 1.84. The van der Waals surface area contributed by atoms with Crippen molar-refractivity contribution in [2.75, 3.05) is 6.61 Å². The zero-order chi connectivity index (χ0) is 10.4. The number of carbonyl (C=O) groups is 1. The first kappa shape index (κ1) is 8.95. The Hall–Kier alpha value is -1.32. The van der Waals surface area contributed by atoms with E-state index in [-0.39, 0.29) is 18.0 Å².